The number of carbonyl (C=O) groups is 2. The Kier molecular flexibility index (Phi) is 10.3. The standard InChI is InChI=1S/C37H46N6O4S/c1-26-23-27(2)31(39-29-15-17-41(18-16-29)32-12-8-7-11-28(32)25-38)24-30(26)35(44)43-21-19-42(20-22-43)33-13-9-10-14-34(33)48(6,46)40-36(45)47-37(3,4)5/h7-14,23-24,29,39H,15-22H2,1-6H3. The molecule has 48 heavy (non-hydrogen) atoms. The molecule has 254 valence electrons. The number of piperidine rings is 1. The van der Waals surface area contributed by atoms with Gasteiger partial charge < -0.3 is 24.8 Å². The summed E-state index contributed by atoms with van der Waals surface area (Å²) in [6.07, 6.45) is 2.46. The number of piperazine rings is 1. The highest BCUT2D eigenvalue weighted by Crippen LogP contribution is 2.30. The monoisotopic (exact) mass is 670 g/mol. The van der Waals surface area contributed by atoms with Gasteiger partial charge in [-0.2, -0.15) is 5.26 Å². The van der Waals surface area contributed by atoms with Crippen molar-refractivity contribution >= 4 is 38.8 Å². The predicted molar refractivity (Wildman–Crippen MR) is 191 cm³/mol. The summed E-state index contributed by atoms with van der Waals surface area (Å²) in [5.41, 5.74) is 5.38. The Balaban J connectivity index is 1.24. The molecule has 2 aliphatic heterocycles. The van der Waals surface area contributed by atoms with Gasteiger partial charge in [-0.15, -0.1) is 4.36 Å². The molecule has 2 saturated heterocycles. The maximum atomic E-state index is 13.9. The molecule has 0 radical (unpaired) electrons. The first-order chi connectivity index (χ1) is 22.8. The first kappa shape index (κ1) is 34.8. The van der Waals surface area contributed by atoms with E-state index in [1.165, 1.54) is 6.26 Å². The van der Waals surface area contributed by atoms with E-state index in [4.69, 9.17) is 4.74 Å². The average Bonchev–Trinajstić information content (AvgIpc) is 3.05. The minimum Gasteiger partial charge on any atom is -0.442 e. The topological polar surface area (TPSA) is 118 Å². The van der Waals surface area contributed by atoms with Crippen molar-refractivity contribution in [2.24, 2.45) is 4.36 Å². The van der Waals surface area contributed by atoms with Gasteiger partial charge in [0.25, 0.3) is 5.91 Å². The molecule has 0 aliphatic carbocycles. The van der Waals surface area contributed by atoms with E-state index in [2.05, 4.69) is 38.5 Å². The maximum absolute atomic E-state index is 13.9. The second kappa shape index (κ2) is 14.3. The molecule has 1 unspecified atom stereocenters. The Hall–Kier alpha value is -4.56. The zero-order valence-corrected chi connectivity index (χ0v) is 29.6. The van der Waals surface area contributed by atoms with Gasteiger partial charge in [0.15, 0.2) is 0 Å². The minimum absolute atomic E-state index is 0.00868. The number of nitrogens with zero attached hydrogens (tertiary/aromatic N) is 5. The van der Waals surface area contributed by atoms with Gasteiger partial charge in [0.2, 0.25) is 0 Å². The van der Waals surface area contributed by atoms with Crippen LogP contribution < -0.4 is 15.1 Å². The molecule has 0 aromatic heterocycles. The Morgan fingerprint density at radius 3 is 2.15 bits per heavy atom. The second-order valence-electron chi connectivity index (χ2n) is 13.6. The van der Waals surface area contributed by atoms with Crippen LogP contribution in [0.15, 0.2) is 69.9 Å². The van der Waals surface area contributed by atoms with Crippen molar-refractivity contribution < 1.29 is 18.5 Å². The molecule has 1 N–H and O–H groups in total. The summed E-state index contributed by atoms with van der Waals surface area (Å²) in [7, 11) is -3.08. The van der Waals surface area contributed by atoms with Crippen molar-refractivity contribution in [1.29, 1.82) is 5.26 Å². The average molecular weight is 671 g/mol. The third-order valence-corrected chi connectivity index (χ3v) is 10.5. The minimum atomic E-state index is -3.08. The van der Waals surface area contributed by atoms with Gasteiger partial charge in [0.05, 0.1) is 31.6 Å². The molecule has 0 saturated carbocycles. The van der Waals surface area contributed by atoms with Crippen molar-refractivity contribution in [3.63, 3.8) is 0 Å². The molecule has 0 bridgehead atoms. The van der Waals surface area contributed by atoms with Gasteiger partial charge in [0.1, 0.15) is 11.7 Å². The maximum Gasteiger partial charge on any atom is 0.442 e. The van der Waals surface area contributed by atoms with Crippen molar-refractivity contribution in [3.05, 3.63) is 82.9 Å². The summed E-state index contributed by atoms with van der Waals surface area (Å²) >= 11 is 0. The number of nitrogens with one attached hydrogen (secondary N) is 1. The van der Waals surface area contributed by atoms with Gasteiger partial charge in [-0.25, -0.2) is 9.00 Å². The highest BCUT2D eigenvalue weighted by atomic mass is 32.2. The van der Waals surface area contributed by atoms with Gasteiger partial charge in [0, 0.05) is 62.8 Å². The summed E-state index contributed by atoms with van der Waals surface area (Å²) in [6, 6.07) is 21.7. The van der Waals surface area contributed by atoms with Crippen molar-refractivity contribution in [3.8, 4) is 6.07 Å². The molecule has 3 aromatic rings. The summed E-state index contributed by atoms with van der Waals surface area (Å²) in [4.78, 5) is 33.0. The van der Waals surface area contributed by atoms with Crippen molar-refractivity contribution in [1.82, 2.24) is 4.90 Å². The van der Waals surface area contributed by atoms with Crippen molar-refractivity contribution in [2.45, 2.75) is 64.0 Å². The van der Waals surface area contributed by atoms with Crippen LogP contribution in [0.4, 0.5) is 21.9 Å². The van der Waals surface area contributed by atoms with Crippen LogP contribution in [0.5, 0.6) is 0 Å². The summed E-state index contributed by atoms with van der Waals surface area (Å²) in [5, 5.41) is 13.2. The Bertz CT molecular complexity index is 1840. The molecule has 10 nitrogen and oxygen atoms in total. The number of amides is 2. The van der Waals surface area contributed by atoms with Gasteiger partial charge in [-0.1, -0.05) is 30.3 Å². The number of benzene rings is 3. The van der Waals surface area contributed by atoms with Crippen LogP contribution in [0.1, 0.15) is 60.7 Å². The van der Waals surface area contributed by atoms with Gasteiger partial charge >= 0.3 is 6.09 Å². The smallest absolute Gasteiger partial charge is 0.442 e. The Labute approximate surface area is 284 Å². The molecule has 2 aliphatic rings. The molecular weight excluding hydrogens is 625 g/mol. The summed E-state index contributed by atoms with van der Waals surface area (Å²) < 4.78 is 22.9. The number of hydrogen-bond donors (Lipinski definition) is 1. The van der Waals surface area contributed by atoms with Gasteiger partial charge in [-0.05, 0) is 88.9 Å². The summed E-state index contributed by atoms with van der Waals surface area (Å²) in [6.45, 7) is 13.1. The van der Waals surface area contributed by atoms with E-state index in [9.17, 15) is 19.1 Å². The van der Waals surface area contributed by atoms with Crippen molar-refractivity contribution in [2.75, 3.05) is 60.6 Å². The second-order valence-corrected chi connectivity index (χ2v) is 15.9. The SMILES string of the molecule is Cc1cc(C)c(C(=O)N2CCN(c3ccccc3S(C)(=O)=NC(=O)OC(C)(C)C)CC2)cc1NC1CCN(c2ccccc2C#N)CC1. The zero-order valence-electron chi connectivity index (χ0n) is 28.8. The number of nitriles is 1. The number of ether oxygens (including phenoxy) is 1. The lowest BCUT2D eigenvalue weighted by Gasteiger charge is -2.37. The molecule has 3 aromatic carbocycles. The van der Waals surface area contributed by atoms with E-state index >= 15 is 0 Å². The van der Waals surface area contributed by atoms with E-state index in [1.807, 2.05) is 54.3 Å². The van der Waals surface area contributed by atoms with Crippen LogP contribution in [0, 0.1) is 25.2 Å². The van der Waals surface area contributed by atoms with E-state index in [-0.39, 0.29) is 11.9 Å². The number of carbonyl (C=O) groups excluding carboxylic acids is 2. The Morgan fingerprint density at radius 1 is 0.896 bits per heavy atom. The highest BCUT2D eigenvalue weighted by Gasteiger charge is 2.28. The van der Waals surface area contributed by atoms with Crippen LogP contribution in [0.2, 0.25) is 0 Å². The molecule has 2 heterocycles. The first-order valence-corrected chi connectivity index (χ1v) is 18.4. The lowest BCUT2D eigenvalue weighted by molar-refractivity contribution is 0.0607. The largest absolute Gasteiger partial charge is 0.442 e. The van der Waals surface area contributed by atoms with E-state index < -0.39 is 21.4 Å². The number of hydrogen-bond acceptors (Lipinski definition) is 8. The van der Waals surface area contributed by atoms with Crippen LogP contribution in [-0.2, 0) is 14.5 Å². The molecule has 2 fully saturated rings. The number of rotatable bonds is 6. The lowest BCUT2D eigenvalue weighted by Crippen LogP contribution is -2.49. The fourth-order valence-electron chi connectivity index (χ4n) is 6.40. The molecular formula is C37H46N6O4S. The third-order valence-electron chi connectivity index (χ3n) is 8.84. The van der Waals surface area contributed by atoms with Crippen LogP contribution in [0.3, 0.4) is 0 Å². The molecule has 11 heteroatoms. The third kappa shape index (κ3) is 8.11. The normalized spacial score (nSPS) is 16.9. The Morgan fingerprint density at radius 2 is 1.50 bits per heavy atom. The molecule has 0 spiro atoms. The molecule has 2 amide bonds. The predicted octanol–water partition coefficient (Wildman–Crippen LogP) is 6.61. The number of aryl methyl sites for hydroxylation is 2. The number of anilines is 3. The van der Waals surface area contributed by atoms with E-state index in [0.717, 1.165) is 54.1 Å². The number of para-hydroxylation sites is 2. The lowest BCUT2D eigenvalue weighted by atomic mass is 9.99. The zero-order chi connectivity index (χ0) is 34.6. The quantitative estimate of drug-likeness (QED) is 0.311. The summed E-state index contributed by atoms with van der Waals surface area (Å²) in [5.74, 6) is -0.00868. The fraction of sp³-hybridized carbons (Fsp3) is 0.432. The van der Waals surface area contributed by atoms with E-state index in [0.29, 0.717) is 42.2 Å². The highest BCUT2D eigenvalue weighted by molar-refractivity contribution is 7.93. The molecule has 5 rings (SSSR count). The van der Waals surface area contributed by atoms with Crippen LogP contribution in [0.25, 0.3) is 0 Å². The van der Waals surface area contributed by atoms with E-state index in [1.54, 1.807) is 32.9 Å². The van der Waals surface area contributed by atoms with Crippen LogP contribution in [-0.4, -0.2) is 78.3 Å². The first-order valence-electron chi connectivity index (χ1n) is 16.5. The fourth-order valence-corrected chi connectivity index (χ4v) is 7.73. The van der Waals surface area contributed by atoms with Gasteiger partial charge in [-0.3, -0.25) is 4.79 Å². The molecule has 1 atom stereocenters. The van der Waals surface area contributed by atoms with Crippen LogP contribution >= 0.6 is 0 Å².